The van der Waals surface area contributed by atoms with Crippen LogP contribution in [0.25, 0.3) is 22.4 Å². The van der Waals surface area contributed by atoms with Gasteiger partial charge in [-0.1, -0.05) is 0 Å². The van der Waals surface area contributed by atoms with Gasteiger partial charge in [-0.15, -0.1) is 5.10 Å². The van der Waals surface area contributed by atoms with Crippen LogP contribution in [0.5, 0.6) is 11.5 Å². The van der Waals surface area contributed by atoms with Gasteiger partial charge in [-0.25, -0.2) is 19.6 Å². The third-order valence-electron chi connectivity index (χ3n) is 4.10. The Bertz CT molecular complexity index is 1070. The van der Waals surface area contributed by atoms with Crippen LogP contribution in [0.1, 0.15) is 5.82 Å². The number of hydrogen-bond acceptors (Lipinski definition) is 8. The van der Waals surface area contributed by atoms with E-state index < -0.39 is 0 Å². The lowest BCUT2D eigenvalue weighted by molar-refractivity contribution is 0.356. The summed E-state index contributed by atoms with van der Waals surface area (Å²) in [6.45, 7) is 0.421. The predicted octanol–water partition coefficient (Wildman–Crippen LogP) is 1.08. The van der Waals surface area contributed by atoms with Gasteiger partial charge in [0.2, 0.25) is 5.82 Å². The molecule has 10 nitrogen and oxygen atoms in total. The molecule has 4 rings (SSSR count). The molecule has 0 N–H and O–H groups in total. The van der Waals surface area contributed by atoms with Crippen LogP contribution in [0.4, 0.5) is 0 Å². The van der Waals surface area contributed by atoms with Crippen molar-refractivity contribution in [2.24, 2.45) is 7.05 Å². The second kappa shape index (κ2) is 6.39. The summed E-state index contributed by atoms with van der Waals surface area (Å²) in [7, 11) is 5.08. The Hall–Kier alpha value is -3.56. The summed E-state index contributed by atoms with van der Waals surface area (Å²) >= 11 is 0. The molecule has 0 radical (unpaired) electrons. The third-order valence-corrected chi connectivity index (χ3v) is 4.10. The maximum atomic E-state index is 5.40. The molecule has 0 unspecified atom stereocenters. The monoisotopic (exact) mass is 352 g/mol. The van der Waals surface area contributed by atoms with Gasteiger partial charge in [0.05, 0.1) is 19.7 Å². The molecule has 132 valence electrons. The number of nitrogens with zero attached hydrogens (tertiary/aromatic N) is 8. The summed E-state index contributed by atoms with van der Waals surface area (Å²) < 4.78 is 14.3. The minimum atomic E-state index is 0.421. The van der Waals surface area contributed by atoms with Crippen molar-refractivity contribution in [2.45, 2.75) is 6.54 Å². The van der Waals surface area contributed by atoms with Crippen LogP contribution in [-0.2, 0) is 13.6 Å². The zero-order valence-corrected chi connectivity index (χ0v) is 14.5. The molecule has 0 aliphatic carbocycles. The van der Waals surface area contributed by atoms with Crippen molar-refractivity contribution in [1.29, 1.82) is 0 Å². The van der Waals surface area contributed by atoms with E-state index in [2.05, 4.69) is 30.5 Å². The van der Waals surface area contributed by atoms with Crippen molar-refractivity contribution in [1.82, 2.24) is 39.7 Å². The second-order valence-electron chi connectivity index (χ2n) is 5.56. The van der Waals surface area contributed by atoms with Crippen LogP contribution in [0, 0.1) is 0 Å². The first kappa shape index (κ1) is 15.9. The molecular formula is C16H16N8O2. The van der Waals surface area contributed by atoms with Crippen LogP contribution >= 0.6 is 0 Å². The topological polar surface area (TPSA) is 106 Å². The van der Waals surface area contributed by atoms with Gasteiger partial charge in [0, 0.05) is 30.9 Å². The van der Waals surface area contributed by atoms with Crippen LogP contribution in [-0.4, -0.2) is 53.9 Å². The number of rotatable bonds is 5. The second-order valence-corrected chi connectivity index (χ2v) is 5.56. The quantitative estimate of drug-likeness (QED) is 0.525. The number of methoxy groups -OCH3 is 2. The lowest BCUT2D eigenvalue weighted by Crippen LogP contribution is -2.09. The van der Waals surface area contributed by atoms with Gasteiger partial charge in [0.25, 0.3) is 0 Å². The van der Waals surface area contributed by atoms with Crippen LogP contribution in [0.15, 0.2) is 30.9 Å². The van der Waals surface area contributed by atoms with Crippen molar-refractivity contribution in [3.05, 3.63) is 36.7 Å². The van der Waals surface area contributed by atoms with E-state index in [-0.39, 0.29) is 0 Å². The normalized spacial score (nSPS) is 11.0. The predicted molar refractivity (Wildman–Crippen MR) is 91.8 cm³/mol. The van der Waals surface area contributed by atoms with Gasteiger partial charge < -0.3 is 14.0 Å². The maximum absolute atomic E-state index is 5.40. The van der Waals surface area contributed by atoms with E-state index >= 15 is 0 Å². The third kappa shape index (κ3) is 2.61. The lowest BCUT2D eigenvalue weighted by atomic mass is 10.1. The average Bonchev–Trinajstić information content (AvgIpc) is 3.29. The number of aromatic nitrogens is 8. The Morgan fingerprint density at radius 2 is 1.85 bits per heavy atom. The molecule has 0 amide bonds. The number of hydrogen-bond donors (Lipinski definition) is 0. The molecule has 1 aromatic carbocycles. The summed E-state index contributed by atoms with van der Waals surface area (Å²) in [5.74, 6) is 2.53. The van der Waals surface area contributed by atoms with Crippen molar-refractivity contribution < 1.29 is 9.47 Å². The molecule has 0 fully saturated rings. The summed E-state index contributed by atoms with van der Waals surface area (Å²) in [6.07, 6.45) is 5.08. The lowest BCUT2D eigenvalue weighted by Gasteiger charge is -2.11. The molecule has 3 aromatic heterocycles. The number of benzene rings is 1. The van der Waals surface area contributed by atoms with E-state index in [1.807, 2.05) is 23.9 Å². The van der Waals surface area contributed by atoms with Crippen molar-refractivity contribution in [3.63, 3.8) is 0 Å². The van der Waals surface area contributed by atoms with Crippen LogP contribution in [0.2, 0.25) is 0 Å². The smallest absolute Gasteiger partial charge is 0.201 e. The Labute approximate surface area is 148 Å². The summed E-state index contributed by atoms with van der Waals surface area (Å²) in [5.41, 5.74) is 1.31. The maximum Gasteiger partial charge on any atom is 0.201 e. The Morgan fingerprint density at radius 3 is 2.58 bits per heavy atom. The molecule has 0 bridgehead atoms. The Kier molecular flexibility index (Phi) is 3.92. The molecule has 4 aromatic rings. The van der Waals surface area contributed by atoms with Gasteiger partial charge in [0.15, 0.2) is 11.5 Å². The number of aryl methyl sites for hydroxylation is 1. The number of ether oxygens (including phenoxy) is 2. The summed E-state index contributed by atoms with van der Waals surface area (Å²) in [5, 5.41) is 12.8. The highest BCUT2D eigenvalue weighted by Gasteiger charge is 2.18. The van der Waals surface area contributed by atoms with Crippen molar-refractivity contribution in [2.75, 3.05) is 14.2 Å². The van der Waals surface area contributed by atoms with E-state index in [1.165, 1.54) is 6.33 Å². The molecular weight excluding hydrogens is 336 g/mol. The summed E-state index contributed by atoms with van der Waals surface area (Å²) in [6, 6.07) is 3.62. The Morgan fingerprint density at radius 1 is 1.04 bits per heavy atom. The zero-order valence-electron chi connectivity index (χ0n) is 14.5. The fraction of sp³-hybridized carbons (Fsp3) is 0.250. The van der Waals surface area contributed by atoms with Gasteiger partial charge in [0.1, 0.15) is 24.4 Å². The molecule has 0 saturated heterocycles. The standard InChI is InChI=1S/C16H16N8O2/c1-23-5-4-17-14(23)8-24-16(20-21-22-24)15-10-6-12(25-2)13(26-3)7-11(10)18-9-19-15/h4-7,9H,8H2,1-3H3. The van der Waals surface area contributed by atoms with E-state index in [1.54, 1.807) is 31.2 Å². The minimum absolute atomic E-state index is 0.421. The molecule has 3 heterocycles. The largest absolute Gasteiger partial charge is 0.493 e. The van der Waals surface area contributed by atoms with Crippen LogP contribution < -0.4 is 9.47 Å². The van der Waals surface area contributed by atoms with Crippen molar-refractivity contribution in [3.8, 4) is 23.0 Å². The van der Waals surface area contributed by atoms with Gasteiger partial charge >= 0.3 is 0 Å². The molecule has 10 heteroatoms. The molecule has 0 aliphatic heterocycles. The fourth-order valence-corrected chi connectivity index (χ4v) is 2.72. The highest BCUT2D eigenvalue weighted by molar-refractivity contribution is 5.92. The number of tetrazole rings is 1. The molecule has 0 aliphatic rings. The first-order valence-corrected chi connectivity index (χ1v) is 7.80. The minimum Gasteiger partial charge on any atom is -0.493 e. The first-order chi connectivity index (χ1) is 12.7. The Balaban J connectivity index is 1.85. The summed E-state index contributed by atoms with van der Waals surface area (Å²) in [4.78, 5) is 13.0. The SMILES string of the molecule is COc1cc2ncnc(-c3nnnn3Cc3nccn3C)c2cc1OC. The van der Waals surface area contributed by atoms with E-state index in [9.17, 15) is 0 Å². The molecule has 0 atom stereocenters. The highest BCUT2D eigenvalue weighted by atomic mass is 16.5. The average molecular weight is 352 g/mol. The van der Waals surface area contributed by atoms with Gasteiger partial charge in [-0.2, -0.15) is 0 Å². The fourth-order valence-electron chi connectivity index (χ4n) is 2.72. The van der Waals surface area contributed by atoms with Gasteiger partial charge in [-0.05, 0) is 16.5 Å². The first-order valence-electron chi connectivity index (χ1n) is 7.80. The van der Waals surface area contributed by atoms with Crippen LogP contribution in [0.3, 0.4) is 0 Å². The van der Waals surface area contributed by atoms with E-state index in [4.69, 9.17) is 9.47 Å². The zero-order chi connectivity index (χ0) is 18.1. The molecule has 0 spiro atoms. The highest BCUT2D eigenvalue weighted by Crippen LogP contribution is 2.34. The van der Waals surface area contributed by atoms with Crippen molar-refractivity contribution >= 4 is 10.9 Å². The number of fused-ring (bicyclic) bond motifs is 1. The number of imidazole rings is 1. The molecule has 26 heavy (non-hydrogen) atoms. The van der Waals surface area contributed by atoms with Gasteiger partial charge in [-0.3, -0.25) is 0 Å². The van der Waals surface area contributed by atoms with E-state index in [0.717, 1.165) is 11.2 Å². The molecule has 0 saturated carbocycles. The van der Waals surface area contributed by atoms with E-state index in [0.29, 0.717) is 35.1 Å².